The Bertz CT molecular complexity index is 253. The van der Waals surface area contributed by atoms with Gasteiger partial charge in [-0.3, -0.25) is 4.79 Å². The van der Waals surface area contributed by atoms with Crippen molar-refractivity contribution < 1.29 is 15.0 Å². The lowest BCUT2D eigenvalue weighted by molar-refractivity contribution is -0.143. The Balaban J connectivity index is 2.32. The molecule has 0 aliphatic heterocycles. The molecule has 0 aromatic rings. The Hall–Kier alpha value is -0.610. The Morgan fingerprint density at radius 1 is 1.33 bits per heavy atom. The highest BCUT2D eigenvalue weighted by Crippen LogP contribution is 2.24. The van der Waals surface area contributed by atoms with Crippen molar-refractivity contribution in [2.45, 2.75) is 64.5 Å². The van der Waals surface area contributed by atoms with E-state index >= 15 is 0 Å². The summed E-state index contributed by atoms with van der Waals surface area (Å²) in [6, 6.07) is 0.254. The average molecular weight is 257 g/mol. The highest BCUT2D eigenvalue weighted by molar-refractivity contribution is 5.70. The van der Waals surface area contributed by atoms with E-state index in [0.29, 0.717) is 18.9 Å². The normalized spacial score (nSPS) is 26.2. The molecule has 1 aliphatic rings. The van der Waals surface area contributed by atoms with Crippen molar-refractivity contribution >= 4 is 5.97 Å². The minimum absolute atomic E-state index is 0.207. The van der Waals surface area contributed by atoms with Crippen LogP contribution in [-0.4, -0.2) is 34.9 Å². The molecule has 4 nitrogen and oxygen atoms in total. The van der Waals surface area contributed by atoms with Crippen LogP contribution in [0, 0.1) is 11.8 Å². The summed E-state index contributed by atoms with van der Waals surface area (Å²) in [6.07, 6.45) is 5.15. The van der Waals surface area contributed by atoms with Crippen LogP contribution >= 0.6 is 0 Å². The van der Waals surface area contributed by atoms with Gasteiger partial charge in [-0.25, -0.2) is 0 Å². The summed E-state index contributed by atoms with van der Waals surface area (Å²) in [7, 11) is 0. The van der Waals surface area contributed by atoms with Crippen molar-refractivity contribution in [2.75, 3.05) is 6.54 Å². The van der Waals surface area contributed by atoms with Gasteiger partial charge in [-0.1, -0.05) is 33.1 Å². The number of hydrogen-bond donors (Lipinski definition) is 3. The van der Waals surface area contributed by atoms with Gasteiger partial charge in [-0.15, -0.1) is 0 Å². The zero-order valence-electron chi connectivity index (χ0n) is 11.6. The molecule has 0 spiro atoms. The van der Waals surface area contributed by atoms with E-state index in [1.165, 1.54) is 0 Å². The van der Waals surface area contributed by atoms with Gasteiger partial charge in [0.15, 0.2) is 0 Å². The Labute approximate surface area is 110 Å². The van der Waals surface area contributed by atoms with Crippen molar-refractivity contribution in [1.82, 2.24) is 5.32 Å². The van der Waals surface area contributed by atoms with Crippen LogP contribution in [-0.2, 0) is 4.79 Å². The molecule has 0 aromatic carbocycles. The Kier molecular flexibility index (Phi) is 6.65. The monoisotopic (exact) mass is 257 g/mol. The third-order valence-electron chi connectivity index (χ3n) is 4.23. The van der Waals surface area contributed by atoms with Gasteiger partial charge >= 0.3 is 5.97 Å². The van der Waals surface area contributed by atoms with E-state index in [4.69, 9.17) is 5.11 Å². The molecule has 1 rings (SSSR count). The van der Waals surface area contributed by atoms with Crippen molar-refractivity contribution in [2.24, 2.45) is 11.8 Å². The fourth-order valence-corrected chi connectivity index (χ4v) is 2.89. The predicted octanol–water partition coefficient (Wildman–Crippen LogP) is 2.02. The van der Waals surface area contributed by atoms with Crippen molar-refractivity contribution in [3.63, 3.8) is 0 Å². The summed E-state index contributed by atoms with van der Waals surface area (Å²) >= 11 is 0. The van der Waals surface area contributed by atoms with Gasteiger partial charge in [-0.2, -0.15) is 0 Å². The number of carboxylic acid groups (broad SMARTS) is 1. The second kappa shape index (κ2) is 7.74. The topological polar surface area (TPSA) is 69.6 Å². The number of hydrogen-bond acceptors (Lipinski definition) is 3. The predicted molar refractivity (Wildman–Crippen MR) is 71.5 cm³/mol. The van der Waals surface area contributed by atoms with E-state index in [0.717, 1.165) is 32.1 Å². The maximum absolute atomic E-state index is 11.0. The molecule has 106 valence electrons. The maximum atomic E-state index is 11.0. The van der Waals surface area contributed by atoms with Crippen LogP contribution in [0.4, 0.5) is 0 Å². The minimum atomic E-state index is -0.679. The van der Waals surface area contributed by atoms with Crippen molar-refractivity contribution in [3.8, 4) is 0 Å². The first-order valence-corrected chi connectivity index (χ1v) is 7.22. The van der Waals surface area contributed by atoms with E-state index in [1.807, 2.05) is 0 Å². The largest absolute Gasteiger partial charge is 0.481 e. The van der Waals surface area contributed by atoms with Gasteiger partial charge in [0.05, 0.1) is 12.0 Å². The standard InChI is InChI=1S/C14H27NO3/c1-3-10(4-2)13(16)9-15-12-7-5-6-11(8-12)14(17)18/h10-13,15-16H,3-9H2,1-2H3,(H,17,18). The summed E-state index contributed by atoms with van der Waals surface area (Å²) in [5.74, 6) is -0.542. The molecule has 3 atom stereocenters. The minimum Gasteiger partial charge on any atom is -0.481 e. The van der Waals surface area contributed by atoms with Gasteiger partial charge in [0.25, 0.3) is 0 Å². The lowest BCUT2D eigenvalue weighted by Crippen LogP contribution is -2.42. The summed E-state index contributed by atoms with van der Waals surface area (Å²) < 4.78 is 0. The van der Waals surface area contributed by atoms with Gasteiger partial charge in [0, 0.05) is 12.6 Å². The SMILES string of the molecule is CCC(CC)C(O)CNC1CCCC(C(=O)O)C1. The average Bonchev–Trinajstić information content (AvgIpc) is 2.38. The molecule has 0 aromatic heterocycles. The van der Waals surface area contributed by atoms with Gasteiger partial charge in [-0.05, 0) is 25.2 Å². The first kappa shape index (κ1) is 15.4. The fraction of sp³-hybridized carbons (Fsp3) is 0.929. The number of rotatable bonds is 7. The summed E-state index contributed by atoms with van der Waals surface area (Å²) in [5.41, 5.74) is 0. The molecular weight excluding hydrogens is 230 g/mol. The van der Waals surface area contributed by atoms with Crippen molar-refractivity contribution in [3.05, 3.63) is 0 Å². The van der Waals surface area contributed by atoms with Crippen LogP contribution in [0.25, 0.3) is 0 Å². The molecule has 4 heteroatoms. The number of aliphatic carboxylic acids is 1. The zero-order valence-corrected chi connectivity index (χ0v) is 11.6. The Morgan fingerprint density at radius 2 is 2.00 bits per heavy atom. The van der Waals surface area contributed by atoms with Gasteiger partial charge in [0.2, 0.25) is 0 Å². The third kappa shape index (κ3) is 4.58. The molecule has 1 aliphatic carbocycles. The fourth-order valence-electron chi connectivity index (χ4n) is 2.89. The van der Waals surface area contributed by atoms with Crippen LogP contribution in [0.3, 0.4) is 0 Å². The first-order valence-electron chi connectivity index (χ1n) is 7.22. The number of carboxylic acids is 1. The number of aliphatic hydroxyl groups excluding tert-OH is 1. The molecule has 0 bridgehead atoms. The molecule has 3 N–H and O–H groups in total. The number of aliphatic hydroxyl groups is 1. The lowest BCUT2D eigenvalue weighted by atomic mass is 9.85. The first-order chi connectivity index (χ1) is 8.58. The van der Waals surface area contributed by atoms with Gasteiger partial charge in [0.1, 0.15) is 0 Å². The Morgan fingerprint density at radius 3 is 2.56 bits per heavy atom. The van der Waals surface area contributed by atoms with Crippen molar-refractivity contribution in [1.29, 1.82) is 0 Å². The maximum Gasteiger partial charge on any atom is 0.306 e. The number of carbonyl (C=O) groups is 1. The van der Waals surface area contributed by atoms with Crippen LogP contribution < -0.4 is 5.32 Å². The molecule has 18 heavy (non-hydrogen) atoms. The van der Waals surface area contributed by atoms with E-state index in [-0.39, 0.29) is 18.1 Å². The van der Waals surface area contributed by atoms with E-state index in [9.17, 15) is 9.90 Å². The molecule has 0 radical (unpaired) electrons. The second-order valence-corrected chi connectivity index (χ2v) is 5.45. The second-order valence-electron chi connectivity index (χ2n) is 5.45. The molecule has 3 unspecified atom stereocenters. The summed E-state index contributed by atoms with van der Waals surface area (Å²) in [5, 5.41) is 22.4. The van der Waals surface area contributed by atoms with Crippen LogP contribution in [0.15, 0.2) is 0 Å². The number of nitrogens with one attached hydrogen (secondary N) is 1. The summed E-state index contributed by atoms with van der Waals surface area (Å²) in [6.45, 7) is 4.78. The molecular formula is C14H27NO3. The zero-order chi connectivity index (χ0) is 13.5. The van der Waals surface area contributed by atoms with E-state index in [1.54, 1.807) is 0 Å². The smallest absolute Gasteiger partial charge is 0.306 e. The summed E-state index contributed by atoms with van der Waals surface area (Å²) in [4.78, 5) is 11.0. The van der Waals surface area contributed by atoms with Crippen LogP contribution in [0.1, 0.15) is 52.4 Å². The molecule has 0 saturated heterocycles. The third-order valence-corrected chi connectivity index (χ3v) is 4.23. The van der Waals surface area contributed by atoms with E-state index in [2.05, 4.69) is 19.2 Å². The van der Waals surface area contributed by atoms with Gasteiger partial charge < -0.3 is 15.5 Å². The molecule has 0 amide bonds. The highest BCUT2D eigenvalue weighted by atomic mass is 16.4. The van der Waals surface area contributed by atoms with E-state index < -0.39 is 5.97 Å². The lowest BCUT2D eigenvalue weighted by Gasteiger charge is -2.29. The molecule has 1 fully saturated rings. The molecule has 1 saturated carbocycles. The quantitative estimate of drug-likeness (QED) is 0.652. The van der Waals surface area contributed by atoms with Crippen LogP contribution in [0.5, 0.6) is 0 Å². The highest BCUT2D eigenvalue weighted by Gasteiger charge is 2.27. The van der Waals surface area contributed by atoms with Crippen LogP contribution in [0.2, 0.25) is 0 Å². The molecule has 0 heterocycles.